The summed E-state index contributed by atoms with van der Waals surface area (Å²) in [6.07, 6.45) is 0.851. The number of carbonyl (C=O) groups excluding carboxylic acids is 1. The van der Waals surface area contributed by atoms with Crippen LogP contribution in [0.15, 0.2) is 0 Å². The quantitative estimate of drug-likeness (QED) is 0.457. The van der Waals surface area contributed by atoms with Gasteiger partial charge in [0.05, 0.1) is 0 Å². The maximum Gasteiger partial charge on any atom is 0.294 e. The van der Waals surface area contributed by atoms with Crippen molar-refractivity contribution in [2.45, 2.75) is 32.1 Å². The molecule has 0 aliphatic carbocycles. The first-order chi connectivity index (χ1) is 4.68. The second kappa shape index (κ2) is 4.61. The predicted octanol–water partition coefficient (Wildman–Crippen LogP) is 2.04. The van der Waals surface area contributed by atoms with Gasteiger partial charge in [0.2, 0.25) is 0 Å². The first-order valence-electron chi connectivity index (χ1n) is 3.44. The van der Waals surface area contributed by atoms with Crippen LogP contribution in [0.4, 0.5) is 0 Å². The van der Waals surface area contributed by atoms with E-state index in [1.807, 2.05) is 20.8 Å². The zero-order chi connectivity index (χ0) is 8.04. The van der Waals surface area contributed by atoms with Gasteiger partial charge >= 0.3 is 0 Å². The second-order valence-electron chi connectivity index (χ2n) is 2.13. The van der Waals surface area contributed by atoms with Crippen LogP contribution in [0.1, 0.15) is 27.2 Å². The Balaban J connectivity index is 3.80. The Bertz CT molecular complexity index is 106. The topological polar surface area (TPSA) is 26.3 Å². The lowest BCUT2D eigenvalue weighted by molar-refractivity contribution is -0.134. The number of hydrogen-bond donors (Lipinski definition) is 0. The molecule has 1 atom stereocenters. The highest BCUT2D eigenvalue weighted by molar-refractivity contribution is 8.00. The number of hydrogen-bond acceptors (Lipinski definition) is 3. The lowest BCUT2D eigenvalue weighted by Gasteiger charge is -2.24. The first kappa shape index (κ1) is 9.82. The standard InChI is InChI=1S/C7H14O2S/c1-4-7(3,9-6-8)10-5-2/h6H,4-5H2,1-3H3. The summed E-state index contributed by atoms with van der Waals surface area (Å²) in [4.78, 5) is 9.71. The molecular formula is C7H14O2S. The van der Waals surface area contributed by atoms with Gasteiger partial charge in [-0.2, -0.15) is 0 Å². The van der Waals surface area contributed by atoms with Crippen molar-refractivity contribution in [1.29, 1.82) is 0 Å². The normalized spacial score (nSPS) is 15.9. The predicted molar refractivity (Wildman–Crippen MR) is 44.0 cm³/mol. The molecule has 0 saturated carbocycles. The number of thioether (sulfide) groups is 1. The molecule has 0 radical (unpaired) electrons. The monoisotopic (exact) mass is 162 g/mol. The summed E-state index contributed by atoms with van der Waals surface area (Å²) in [5.74, 6) is 0.970. The smallest absolute Gasteiger partial charge is 0.294 e. The van der Waals surface area contributed by atoms with Gasteiger partial charge in [0.25, 0.3) is 6.47 Å². The molecule has 0 saturated heterocycles. The Morgan fingerprint density at radius 3 is 2.50 bits per heavy atom. The molecule has 3 heteroatoms. The van der Waals surface area contributed by atoms with Crippen molar-refractivity contribution in [2.24, 2.45) is 0 Å². The van der Waals surface area contributed by atoms with Crippen molar-refractivity contribution in [3.63, 3.8) is 0 Å². The Hall–Kier alpha value is -0.180. The lowest BCUT2D eigenvalue weighted by atomic mass is 10.3. The molecule has 60 valence electrons. The first-order valence-corrected chi connectivity index (χ1v) is 4.42. The maximum absolute atomic E-state index is 10.0. The largest absolute Gasteiger partial charge is 0.450 e. The van der Waals surface area contributed by atoms with Gasteiger partial charge in [0, 0.05) is 0 Å². The van der Waals surface area contributed by atoms with E-state index in [-0.39, 0.29) is 4.93 Å². The van der Waals surface area contributed by atoms with Crippen LogP contribution >= 0.6 is 11.8 Å². The third-order valence-corrected chi connectivity index (χ3v) is 2.67. The molecule has 0 aromatic rings. The Kier molecular flexibility index (Phi) is 4.52. The summed E-state index contributed by atoms with van der Waals surface area (Å²) in [6, 6.07) is 0. The number of ether oxygens (including phenoxy) is 1. The average molecular weight is 162 g/mol. The van der Waals surface area contributed by atoms with Crippen LogP contribution in [-0.4, -0.2) is 17.2 Å². The highest BCUT2D eigenvalue weighted by Crippen LogP contribution is 2.28. The third kappa shape index (κ3) is 3.11. The van der Waals surface area contributed by atoms with Crippen LogP contribution in [0.25, 0.3) is 0 Å². The van der Waals surface area contributed by atoms with Crippen molar-refractivity contribution in [1.82, 2.24) is 0 Å². The van der Waals surface area contributed by atoms with E-state index in [4.69, 9.17) is 4.74 Å². The molecule has 0 spiro atoms. The van der Waals surface area contributed by atoms with E-state index < -0.39 is 0 Å². The van der Waals surface area contributed by atoms with Crippen molar-refractivity contribution in [2.75, 3.05) is 5.75 Å². The van der Waals surface area contributed by atoms with Crippen LogP contribution in [0.5, 0.6) is 0 Å². The second-order valence-corrected chi connectivity index (χ2v) is 3.86. The Labute approximate surface area is 66.3 Å². The van der Waals surface area contributed by atoms with E-state index in [0.717, 1.165) is 12.2 Å². The summed E-state index contributed by atoms with van der Waals surface area (Å²) in [5, 5.41) is 0. The molecule has 0 aromatic heterocycles. The van der Waals surface area contributed by atoms with Crippen LogP contribution in [-0.2, 0) is 9.53 Å². The summed E-state index contributed by atoms with van der Waals surface area (Å²) in [6.45, 7) is 6.50. The summed E-state index contributed by atoms with van der Waals surface area (Å²) in [7, 11) is 0. The molecule has 0 fully saturated rings. The van der Waals surface area contributed by atoms with Gasteiger partial charge in [-0.25, -0.2) is 0 Å². The third-order valence-electron chi connectivity index (χ3n) is 1.39. The fourth-order valence-corrected chi connectivity index (χ4v) is 1.55. The lowest BCUT2D eigenvalue weighted by Crippen LogP contribution is -2.22. The molecule has 2 nitrogen and oxygen atoms in total. The van der Waals surface area contributed by atoms with Gasteiger partial charge in [0.15, 0.2) is 4.93 Å². The number of rotatable bonds is 5. The minimum Gasteiger partial charge on any atom is -0.450 e. The average Bonchev–Trinajstić information content (AvgIpc) is 1.89. The SMILES string of the molecule is CCSC(C)(CC)OC=O. The van der Waals surface area contributed by atoms with Crippen LogP contribution in [0.2, 0.25) is 0 Å². The summed E-state index contributed by atoms with van der Waals surface area (Å²) < 4.78 is 4.90. The van der Waals surface area contributed by atoms with Crippen molar-refractivity contribution < 1.29 is 9.53 Å². The summed E-state index contributed by atoms with van der Waals surface area (Å²) in [5.41, 5.74) is 0. The Morgan fingerprint density at radius 2 is 2.20 bits per heavy atom. The van der Waals surface area contributed by atoms with Gasteiger partial charge in [0.1, 0.15) is 0 Å². The van der Waals surface area contributed by atoms with Gasteiger partial charge in [-0.05, 0) is 19.1 Å². The molecule has 0 amide bonds. The molecule has 0 heterocycles. The van der Waals surface area contributed by atoms with Crippen molar-refractivity contribution in [3.8, 4) is 0 Å². The maximum atomic E-state index is 10.0. The van der Waals surface area contributed by atoms with Crippen LogP contribution < -0.4 is 0 Å². The zero-order valence-electron chi connectivity index (χ0n) is 6.72. The fraction of sp³-hybridized carbons (Fsp3) is 0.857. The van der Waals surface area contributed by atoms with Crippen molar-refractivity contribution in [3.05, 3.63) is 0 Å². The Morgan fingerprint density at radius 1 is 1.60 bits per heavy atom. The molecule has 0 aliphatic rings. The highest BCUT2D eigenvalue weighted by Gasteiger charge is 2.22. The molecule has 0 N–H and O–H groups in total. The molecule has 0 rings (SSSR count). The molecule has 0 bridgehead atoms. The zero-order valence-corrected chi connectivity index (χ0v) is 7.53. The van der Waals surface area contributed by atoms with E-state index in [0.29, 0.717) is 6.47 Å². The number of carbonyl (C=O) groups is 1. The molecular weight excluding hydrogens is 148 g/mol. The van der Waals surface area contributed by atoms with E-state index in [1.54, 1.807) is 11.8 Å². The van der Waals surface area contributed by atoms with Crippen LogP contribution in [0, 0.1) is 0 Å². The van der Waals surface area contributed by atoms with Gasteiger partial charge < -0.3 is 4.74 Å². The molecule has 0 aromatic carbocycles. The fourth-order valence-electron chi connectivity index (χ4n) is 0.627. The van der Waals surface area contributed by atoms with Crippen LogP contribution in [0.3, 0.4) is 0 Å². The minimum absolute atomic E-state index is 0.309. The molecule has 1 unspecified atom stereocenters. The molecule has 10 heavy (non-hydrogen) atoms. The van der Waals surface area contributed by atoms with Crippen molar-refractivity contribution >= 4 is 18.2 Å². The van der Waals surface area contributed by atoms with E-state index >= 15 is 0 Å². The molecule has 0 aliphatic heterocycles. The van der Waals surface area contributed by atoms with E-state index in [2.05, 4.69) is 0 Å². The highest BCUT2D eigenvalue weighted by atomic mass is 32.2. The minimum atomic E-state index is -0.309. The van der Waals surface area contributed by atoms with Gasteiger partial charge in [-0.15, -0.1) is 11.8 Å². The van der Waals surface area contributed by atoms with E-state index in [9.17, 15) is 4.79 Å². The van der Waals surface area contributed by atoms with Gasteiger partial charge in [-0.1, -0.05) is 13.8 Å². The van der Waals surface area contributed by atoms with Gasteiger partial charge in [-0.3, -0.25) is 4.79 Å². The van der Waals surface area contributed by atoms with E-state index in [1.165, 1.54) is 0 Å². The summed E-state index contributed by atoms with van der Waals surface area (Å²) >= 11 is 1.65.